The van der Waals surface area contributed by atoms with Gasteiger partial charge in [-0.05, 0) is 43.5 Å². The van der Waals surface area contributed by atoms with Gasteiger partial charge in [0.05, 0.1) is 25.3 Å². The number of anilines is 4. The van der Waals surface area contributed by atoms with Crippen molar-refractivity contribution in [2.45, 2.75) is 87.2 Å². The zero-order valence-electron chi connectivity index (χ0n) is 40.2. The van der Waals surface area contributed by atoms with Gasteiger partial charge in [-0.2, -0.15) is 17.6 Å². The maximum atomic E-state index is 13.7. The number of aliphatic carboxylic acids is 5. The molecule has 410 valence electrons. The quantitative estimate of drug-likeness (QED) is 0.0150. The Morgan fingerprint density at radius 2 is 1.25 bits per heavy atom. The van der Waals surface area contributed by atoms with Gasteiger partial charge in [-0.15, -0.1) is 0 Å². The lowest BCUT2D eigenvalue weighted by Gasteiger charge is -2.37. The zero-order valence-corrected chi connectivity index (χ0v) is 41.1. The van der Waals surface area contributed by atoms with E-state index in [4.69, 9.17) is 16.9 Å². The summed E-state index contributed by atoms with van der Waals surface area (Å²) in [6, 6.07) is -5.32. The molecule has 0 radical (unpaired) electrons. The molecule has 1 aromatic carbocycles. The van der Waals surface area contributed by atoms with Crippen LogP contribution >= 0.6 is 12.6 Å². The first kappa shape index (κ1) is 60.4. The van der Waals surface area contributed by atoms with E-state index in [0.717, 1.165) is 0 Å². The second kappa shape index (κ2) is 28.4. The first-order chi connectivity index (χ1) is 35.2. The molecule has 0 spiro atoms. The number of nitrogens with one attached hydrogen (secondary N) is 10. The Kier molecular flexibility index (Phi) is 22.8. The molecular weight excluding hydrogens is 1020 g/mol. The van der Waals surface area contributed by atoms with E-state index in [2.05, 4.69) is 54.5 Å². The van der Waals surface area contributed by atoms with E-state index in [0.29, 0.717) is 30.3 Å². The Hall–Kier alpha value is -8.91. The summed E-state index contributed by atoms with van der Waals surface area (Å²) in [6.45, 7) is 0.721. The Morgan fingerprint density at radius 3 is 1.75 bits per heavy atom. The standard InChI is InChI=1S/C42H59N15O17S/c1-56(16-20-15-47-32-31(57(20)2)38(70)55-42(45)54-32)19-7-5-18(6-8-19)33(65)50-22(39(71)72)9-10-27(58)48-23(12-28(59)60)35(67)49-21(4-3-11-46-41(43)44)34(66)51-24(13-29(61)62)36(68)52-25(14-30(63)64)37(69)53-26(17-75)40(73)74/h5-8,20-26,75H,3-4,9-17H2,1-2H3,(H,48,58)(H,49,67)(H,50,65)(H,51,66)(H,52,68)(H,53,69)(H,59,60)(H,61,62)(H,63,64)(H,71,72)(H,73,74)(H4,43,44,46)(H4,45,47,54,55,70)/t20?,21-,22-,23-,24-,25+,26-/m0/s1. The number of H-pyrrole nitrogens is 1. The summed E-state index contributed by atoms with van der Waals surface area (Å²) in [6.07, 6.45) is -5.20. The Balaban J connectivity index is 1.71. The van der Waals surface area contributed by atoms with Crippen molar-refractivity contribution in [1.82, 2.24) is 47.2 Å². The normalized spacial score (nSPS) is 15.0. The van der Waals surface area contributed by atoms with Gasteiger partial charge in [0.1, 0.15) is 41.9 Å². The summed E-state index contributed by atoms with van der Waals surface area (Å²) in [7, 11) is 3.51. The van der Waals surface area contributed by atoms with Crippen LogP contribution in [0.4, 0.5) is 23.1 Å². The van der Waals surface area contributed by atoms with Gasteiger partial charge >= 0.3 is 29.8 Å². The van der Waals surface area contributed by atoms with Gasteiger partial charge in [0, 0.05) is 57.2 Å². The van der Waals surface area contributed by atoms with Crippen LogP contribution in [-0.2, 0) is 47.9 Å². The second-order valence-corrected chi connectivity index (χ2v) is 17.2. The van der Waals surface area contributed by atoms with Gasteiger partial charge in [0.2, 0.25) is 35.5 Å². The minimum atomic E-state index is -2.10. The van der Waals surface area contributed by atoms with Crippen molar-refractivity contribution in [2.24, 2.45) is 5.73 Å². The Labute approximate surface area is 430 Å². The van der Waals surface area contributed by atoms with Crippen LogP contribution in [-0.4, -0.2) is 189 Å². The summed E-state index contributed by atoms with van der Waals surface area (Å²) >= 11 is 3.79. The number of carboxylic acid groups (broad SMARTS) is 5. The van der Waals surface area contributed by atoms with Crippen LogP contribution < -0.4 is 69.4 Å². The van der Waals surface area contributed by atoms with Crippen molar-refractivity contribution in [3.8, 4) is 0 Å². The summed E-state index contributed by atoms with van der Waals surface area (Å²) < 4.78 is 0. The van der Waals surface area contributed by atoms with Crippen LogP contribution in [0.1, 0.15) is 55.3 Å². The number of carboxylic acids is 5. The van der Waals surface area contributed by atoms with Crippen molar-refractivity contribution in [3.05, 3.63) is 40.2 Å². The Bertz CT molecular complexity index is 2550. The highest BCUT2D eigenvalue weighted by atomic mass is 32.1. The number of carbonyl (C=O) groups excluding carboxylic acids is 6. The van der Waals surface area contributed by atoms with Crippen molar-refractivity contribution in [2.75, 3.05) is 60.3 Å². The van der Waals surface area contributed by atoms with E-state index >= 15 is 0 Å². The number of amides is 6. The highest BCUT2D eigenvalue weighted by Gasteiger charge is 2.35. The van der Waals surface area contributed by atoms with Crippen LogP contribution in [0.5, 0.6) is 0 Å². The van der Waals surface area contributed by atoms with Gasteiger partial charge < -0.3 is 89.3 Å². The molecule has 3 rings (SSSR count). The number of rotatable bonds is 30. The molecule has 1 aromatic heterocycles. The number of likely N-dealkylation sites (N-methyl/N-ethyl adjacent to an activating group) is 2. The summed E-state index contributed by atoms with van der Waals surface area (Å²) in [4.78, 5) is 161. The average Bonchev–Trinajstić information content (AvgIpc) is 3.31. The first-order valence-corrected chi connectivity index (χ1v) is 23.1. The van der Waals surface area contributed by atoms with E-state index in [-0.39, 0.29) is 36.9 Å². The number of hydrogen-bond acceptors (Lipinski definition) is 19. The Morgan fingerprint density at radius 1 is 0.760 bits per heavy atom. The fourth-order valence-electron chi connectivity index (χ4n) is 7.21. The zero-order chi connectivity index (χ0) is 56.3. The topological polar surface area (TPSA) is 513 Å². The molecule has 2 heterocycles. The third-order valence-corrected chi connectivity index (χ3v) is 11.5. The number of hydrogen-bond donors (Lipinski definition) is 18. The van der Waals surface area contributed by atoms with Gasteiger partial charge in [-0.3, -0.25) is 58.3 Å². The molecule has 19 N–H and O–H groups in total. The van der Waals surface area contributed by atoms with E-state index in [9.17, 15) is 83.1 Å². The predicted molar refractivity (Wildman–Crippen MR) is 265 cm³/mol. The number of aromatic amines is 1. The minimum absolute atomic E-state index is 0.0371. The molecule has 1 aliphatic rings. The summed E-state index contributed by atoms with van der Waals surface area (Å²) in [5, 5.41) is 73.2. The average molecular weight is 1080 g/mol. The largest absolute Gasteiger partial charge is 0.481 e. The van der Waals surface area contributed by atoms with Crippen molar-refractivity contribution in [1.29, 1.82) is 5.41 Å². The molecule has 75 heavy (non-hydrogen) atoms. The van der Waals surface area contributed by atoms with E-state index in [1.807, 2.05) is 15.5 Å². The molecule has 1 unspecified atom stereocenters. The fraction of sp³-hybridized carbons (Fsp3) is 0.476. The van der Waals surface area contributed by atoms with Crippen molar-refractivity contribution < 1.29 is 78.3 Å². The summed E-state index contributed by atoms with van der Waals surface area (Å²) in [5.41, 5.74) is 11.5. The molecule has 6 amide bonds. The van der Waals surface area contributed by atoms with Gasteiger partial charge in [-0.1, -0.05) is 0 Å². The van der Waals surface area contributed by atoms with Gasteiger partial charge in [0.25, 0.3) is 11.5 Å². The molecule has 0 saturated heterocycles. The molecule has 1 aliphatic heterocycles. The van der Waals surface area contributed by atoms with Gasteiger partial charge in [-0.25, -0.2) is 9.59 Å². The van der Waals surface area contributed by atoms with Crippen LogP contribution in [0, 0.1) is 5.41 Å². The summed E-state index contributed by atoms with van der Waals surface area (Å²) in [5.74, 6) is -16.1. The third kappa shape index (κ3) is 19.2. The highest BCUT2D eigenvalue weighted by Crippen LogP contribution is 2.26. The lowest BCUT2D eigenvalue weighted by Crippen LogP contribution is -2.59. The molecule has 7 atom stereocenters. The number of aromatic nitrogens is 2. The maximum Gasteiger partial charge on any atom is 0.327 e. The van der Waals surface area contributed by atoms with Crippen LogP contribution in [0.15, 0.2) is 29.1 Å². The maximum absolute atomic E-state index is 13.7. The molecule has 33 heteroatoms. The lowest BCUT2D eigenvalue weighted by molar-refractivity contribution is -0.144. The number of benzene rings is 1. The van der Waals surface area contributed by atoms with Crippen LogP contribution in [0.2, 0.25) is 0 Å². The number of nitrogens with zero attached hydrogens (tertiary/aromatic N) is 3. The number of guanidine groups is 1. The highest BCUT2D eigenvalue weighted by molar-refractivity contribution is 7.80. The van der Waals surface area contributed by atoms with E-state index < -0.39 is 151 Å². The molecule has 0 aliphatic carbocycles. The van der Waals surface area contributed by atoms with Crippen LogP contribution in [0.3, 0.4) is 0 Å². The smallest absolute Gasteiger partial charge is 0.327 e. The second-order valence-electron chi connectivity index (χ2n) is 16.8. The van der Waals surface area contributed by atoms with E-state index in [1.165, 1.54) is 12.1 Å². The van der Waals surface area contributed by atoms with Crippen molar-refractivity contribution >= 4 is 107 Å². The minimum Gasteiger partial charge on any atom is -0.481 e. The van der Waals surface area contributed by atoms with Crippen molar-refractivity contribution in [3.63, 3.8) is 0 Å². The number of nitrogens with two attached hydrogens (primary N) is 2. The lowest BCUT2D eigenvalue weighted by atomic mass is 10.1. The number of nitrogen functional groups attached to an aromatic ring is 1. The fourth-order valence-corrected chi connectivity index (χ4v) is 7.46. The van der Waals surface area contributed by atoms with Gasteiger partial charge in [0.15, 0.2) is 11.8 Å². The monoisotopic (exact) mass is 1080 g/mol. The molecule has 2 aromatic rings. The van der Waals surface area contributed by atoms with Crippen LogP contribution in [0.25, 0.3) is 0 Å². The number of carbonyl (C=O) groups is 11. The molecule has 0 bridgehead atoms. The third-order valence-electron chi connectivity index (χ3n) is 11.1. The number of fused-ring (bicyclic) bond motifs is 1. The molecule has 0 saturated carbocycles. The molecule has 32 nitrogen and oxygen atoms in total. The number of thiol groups is 1. The predicted octanol–water partition coefficient (Wildman–Crippen LogP) is -5.19. The molecular formula is C42H59N15O17S. The van der Waals surface area contributed by atoms with E-state index in [1.54, 1.807) is 31.1 Å². The molecule has 0 fully saturated rings. The SMILES string of the molecule is CN(CC1CNc2nc(N)[nH]c(=O)c2N1C)c1ccc(C(=O)N[C@@H](CCC(=O)N[C@@H](CC(=O)O)C(=O)N[C@@H](CCCNC(=N)N)C(=O)N[C@@H](CC(=O)O)C(=O)N[C@H](CC(=O)O)C(=O)N[C@@H](CS)C(=O)O)C(=O)O)cc1. The first-order valence-electron chi connectivity index (χ1n) is 22.5.